The summed E-state index contributed by atoms with van der Waals surface area (Å²) < 4.78 is 5.37. The first kappa shape index (κ1) is 23.7. The van der Waals surface area contributed by atoms with E-state index in [1.165, 1.54) is 0 Å². The summed E-state index contributed by atoms with van der Waals surface area (Å²) in [6.07, 6.45) is -0.203. The third-order valence-electron chi connectivity index (χ3n) is 5.05. The Morgan fingerprint density at radius 1 is 1.13 bits per heavy atom. The van der Waals surface area contributed by atoms with Crippen LogP contribution in [-0.4, -0.2) is 65.7 Å². The molecule has 0 saturated carbocycles. The van der Waals surface area contributed by atoms with Gasteiger partial charge in [-0.25, -0.2) is 4.79 Å². The SMILES string of the molecule is CC(C)C(C#N)N1CCN(C(=O)C(Cc2ccccc2)NC(=O)OC(C)(C)C)CC1. The van der Waals surface area contributed by atoms with Gasteiger partial charge in [-0.05, 0) is 32.3 Å². The fourth-order valence-corrected chi connectivity index (χ4v) is 3.59. The summed E-state index contributed by atoms with van der Waals surface area (Å²) >= 11 is 0. The molecule has 0 spiro atoms. The van der Waals surface area contributed by atoms with Crippen molar-refractivity contribution >= 4 is 12.0 Å². The van der Waals surface area contributed by atoms with Crippen molar-refractivity contribution in [3.63, 3.8) is 0 Å². The Balaban J connectivity index is 2.07. The molecule has 2 amide bonds. The number of ether oxygens (including phenoxy) is 1. The van der Waals surface area contributed by atoms with Gasteiger partial charge in [0.15, 0.2) is 0 Å². The minimum Gasteiger partial charge on any atom is -0.444 e. The first-order valence-electron chi connectivity index (χ1n) is 10.6. The Labute approximate surface area is 180 Å². The lowest BCUT2D eigenvalue weighted by Gasteiger charge is -2.39. The van der Waals surface area contributed by atoms with Crippen LogP contribution in [0.15, 0.2) is 30.3 Å². The van der Waals surface area contributed by atoms with Crippen LogP contribution in [0, 0.1) is 17.2 Å². The van der Waals surface area contributed by atoms with Gasteiger partial charge in [0.25, 0.3) is 0 Å². The monoisotopic (exact) mass is 414 g/mol. The second kappa shape index (κ2) is 10.4. The second-order valence-electron chi connectivity index (χ2n) is 9.07. The van der Waals surface area contributed by atoms with Gasteiger partial charge in [0.1, 0.15) is 17.7 Å². The van der Waals surface area contributed by atoms with Crippen LogP contribution in [0.2, 0.25) is 0 Å². The van der Waals surface area contributed by atoms with Gasteiger partial charge in [-0.3, -0.25) is 9.69 Å². The smallest absolute Gasteiger partial charge is 0.408 e. The Hall–Kier alpha value is -2.59. The van der Waals surface area contributed by atoms with Gasteiger partial charge in [-0.15, -0.1) is 0 Å². The van der Waals surface area contributed by atoms with Crippen molar-refractivity contribution in [2.24, 2.45) is 5.92 Å². The number of piperazine rings is 1. The predicted molar refractivity (Wildman–Crippen MR) is 116 cm³/mol. The molecule has 1 fully saturated rings. The summed E-state index contributed by atoms with van der Waals surface area (Å²) in [5.74, 6) is 0.110. The van der Waals surface area contributed by atoms with Crippen molar-refractivity contribution in [2.45, 2.75) is 58.7 Å². The molecule has 1 N–H and O–H groups in total. The highest BCUT2D eigenvalue weighted by Crippen LogP contribution is 2.15. The van der Waals surface area contributed by atoms with E-state index in [-0.39, 0.29) is 17.9 Å². The standard InChI is InChI=1S/C23H34N4O3/c1-17(2)20(16-24)26-11-13-27(14-12-26)21(28)19(15-18-9-7-6-8-10-18)25-22(29)30-23(3,4)5/h6-10,17,19-20H,11-15H2,1-5H3,(H,25,29). The zero-order valence-electron chi connectivity index (χ0n) is 18.7. The molecule has 0 aliphatic carbocycles. The van der Waals surface area contributed by atoms with Crippen LogP contribution >= 0.6 is 0 Å². The van der Waals surface area contributed by atoms with Gasteiger partial charge in [-0.1, -0.05) is 44.2 Å². The Bertz CT molecular complexity index is 744. The largest absolute Gasteiger partial charge is 0.444 e. The van der Waals surface area contributed by atoms with Crippen molar-refractivity contribution in [1.82, 2.24) is 15.1 Å². The topological polar surface area (TPSA) is 85.7 Å². The van der Waals surface area contributed by atoms with E-state index in [0.717, 1.165) is 5.56 Å². The van der Waals surface area contributed by atoms with Gasteiger partial charge in [0.2, 0.25) is 5.91 Å². The van der Waals surface area contributed by atoms with E-state index >= 15 is 0 Å². The maximum Gasteiger partial charge on any atom is 0.408 e. The van der Waals surface area contributed by atoms with Crippen LogP contribution in [0.25, 0.3) is 0 Å². The van der Waals surface area contributed by atoms with Crippen molar-refractivity contribution < 1.29 is 14.3 Å². The van der Waals surface area contributed by atoms with Gasteiger partial charge >= 0.3 is 6.09 Å². The van der Waals surface area contributed by atoms with Crippen LogP contribution in [0.3, 0.4) is 0 Å². The molecule has 7 nitrogen and oxygen atoms in total. The number of benzene rings is 1. The molecule has 164 valence electrons. The summed E-state index contributed by atoms with van der Waals surface area (Å²) in [6.45, 7) is 11.8. The molecule has 1 aliphatic rings. The maximum absolute atomic E-state index is 13.3. The molecule has 30 heavy (non-hydrogen) atoms. The molecule has 0 aromatic heterocycles. The molecule has 1 heterocycles. The van der Waals surface area contributed by atoms with Crippen molar-refractivity contribution in [1.29, 1.82) is 5.26 Å². The fourth-order valence-electron chi connectivity index (χ4n) is 3.59. The van der Waals surface area contributed by atoms with E-state index in [4.69, 9.17) is 4.74 Å². The van der Waals surface area contributed by atoms with E-state index < -0.39 is 17.7 Å². The predicted octanol–water partition coefficient (Wildman–Crippen LogP) is 2.81. The number of nitrogens with one attached hydrogen (secondary N) is 1. The highest BCUT2D eigenvalue weighted by Gasteiger charge is 2.32. The van der Waals surface area contributed by atoms with E-state index in [0.29, 0.717) is 32.6 Å². The van der Waals surface area contributed by atoms with Gasteiger partial charge in [0.05, 0.1) is 6.07 Å². The molecule has 1 saturated heterocycles. The molecular formula is C23H34N4O3. The summed E-state index contributed by atoms with van der Waals surface area (Å²) in [7, 11) is 0. The van der Waals surface area contributed by atoms with Crippen LogP contribution in [0.5, 0.6) is 0 Å². The number of nitriles is 1. The molecule has 2 rings (SSSR count). The van der Waals surface area contributed by atoms with Gasteiger partial charge in [0, 0.05) is 32.6 Å². The summed E-state index contributed by atoms with van der Waals surface area (Å²) in [5, 5.41) is 12.2. The lowest BCUT2D eigenvalue weighted by molar-refractivity contribution is -0.135. The molecule has 2 unspecified atom stereocenters. The number of carbonyl (C=O) groups is 2. The first-order valence-corrected chi connectivity index (χ1v) is 10.6. The second-order valence-corrected chi connectivity index (χ2v) is 9.07. The lowest BCUT2D eigenvalue weighted by atomic mass is 10.0. The summed E-state index contributed by atoms with van der Waals surface area (Å²) in [6, 6.07) is 11.1. The lowest BCUT2D eigenvalue weighted by Crippen LogP contribution is -2.57. The average Bonchev–Trinajstić information content (AvgIpc) is 2.67. The summed E-state index contributed by atoms with van der Waals surface area (Å²) in [4.78, 5) is 29.5. The Kier molecular flexibility index (Phi) is 8.24. The zero-order valence-corrected chi connectivity index (χ0v) is 18.7. The number of amides is 2. The zero-order chi connectivity index (χ0) is 22.3. The third-order valence-corrected chi connectivity index (χ3v) is 5.05. The van der Waals surface area contributed by atoms with E-state index in [2.05, 4.69) is 16.3 Å². The molecule has 7 heteroatoms. The average molecular weight is 415 g/mol. The van der Waals surface area contributed by atoms with Crippen molar-refractivity contribution in [2.75, 3.05) is 26.2 Å². The van der Waals surface area contributed by atoms with Crippen LogP contribution in [-0.2, 0) is 16.0 Å². The number of rotatable bonds is 6. The number of carbonyl (C=O) groups excluding carboxylic acids is 2. The van der Waals surface area contributed by atoms with E-state index in [1.807, 2.05) is 44.2 Å². The number of alkyl carbamates (subject to hydrolysis) is 1. The van der Waals surface area contributed by atoms with Crippen molar-refractivity contribution in [3.8, 4) is 6.07 Å². The number of hydrogen-bond acceptors (Lipinski definition) is 5. The molecule has 1 aromatic rings. The fraction of sp³-hybridized carbons (Fsp3) is 0.609. The molecule has 2 atom stereocenters. The molecule has 1 aromatic carbocycles. The number of hydrogen-bond donors (Lipinski definition) is 1. The first-order chi connectivity index (χ1) is 14.1. The molecule has 1 aliphatic heterocycles. The third kappa shape index (κ3) is 7.03. The quantitative estimate of drug-likeness (QED) is 0.774. The number of nitrogens with zero attached hydrogens (tertiary/aromatic N) is 3. The van der Waals surface area contributed by atoms with E-state index in [1.54, 1.807) is 25.7 Å². The van der Waals surface area contributed by atoms with Crippen LogP contribution < -0.4 is 5.32 Å². The van der Waals surface area contributed by atoms with E-state index in [9.17, 15) is 14.9 Å². The molecule has 0 bridgehead atoms. The highest BCUT2D eigenvalue weighted by molar-refractivity contribution is 5.86. The molecule has 0 radical (unpaired) electrons. The maximum atomic E-state index is 13.3. The van der Waals surface area contributed by atoms with Crippen molar-refractivity contribution in [3.05, 3.63) is 35.9 Å². The summed E-state index contributed by atoms with van der Waals surface area (Å²) in [5.41, 5.74) is 0.328. The molecular weight excluding hydrogens is 380 g/mol. The highest BCUT2D eigenvalue weighted by atomic mass is 16.6. The van der Waals surface area contributed by atoms with Crippen LogP contribution in [0.4, 0.5) is 4.79 Å². The minimum absolute atomic E-state index is 0.123. The van der Waals surface area contributed by atoms with Crippen LogP contribution in [0.1, 0.15) is 40.2 Å². The normalized spacial score (nSPS) is 17.2. The Morgan fingerprint density at radius 2 is 1.73 bits per heavy atom. The van der Waals surface area contributed by atoms with Gasteiger partial charge in [-0.2, -0.15) is 5.26 Å². The minimum atomic E-state index is -0.703. The van der Waals surface area contributed by atoms with Gasteiger partial charge < -0.3 is 15.0 Å². The Morgan fingerprint density at radius 3 is 2.23 bits per heavy atom.